The Balaban J connectivity index is 2.80. The molecule has 126 valence electrons. The molecule has 1 aromatic rings. The van der Waals surface area contributed by atoms with E-state index in [1.807, 2.05) is 0 Å². The van der Waals surface area contributed by atoms with Gasteiger partial charge in [-0.3, -0.25) is 0 Å². The van der Waals surface area contributed by atoms with Gasteiger partial charge >= 0.3 is 12.4 Å². The summed E-state index contributed by atoms with van der Waals surface area (Å²) in [5.74, 6) is 0. The molecule has 0 heterocycles. The van der Waals surface area contributed by atoms with Crippen molar-refractivity contribution >= 4 is 36.3 Å². The van der Waals surface area contributed by atoms with Gasteiger partial charge in [0.15, 0.2) is 0 Å². The summed E-state index contributed by atoms with van der Waals surface area (Å²) < 4.78 is 76.2. The lowest BCUT2D eigenvalue weighted by Crippen LogP contribution is -2.10. The second-order valence-electron chi connectivity index (χ2n) is 4.60. The Kier molecular flexibility index (Phi) is 5.02. The molecule has 0 amide bonds. The molecule has 0 spiro atoms. The fourth-order valence-electron chi connectivity index (χ4n) is 2.01. The first-order valence-electron chi connectivity index (χ1n) is 6.15. The van der Waals surface area contributed by atoms with Crippen LogP contribution in [0.5, 0.6) is 0 Å². The second-order valence-corrected chi connectivity index (χ2v) is 6.19. The summed E-state index contributed by atoms with van der Waals surface area (Å²) in [4.78, 5) is 0. The number of allylic oxidation sites excluding steroid dienone is 5. The zero-order valence-corrected chi connectivity index (χ0v) is 14.5. The van der Waals surface area contributed by atoms with Gasteiger partial charge in [-0.15, -0.1) is 0 Å². The Bertz CT molecular complexity index is 807. The van der Waals surface area contributed by atoms with Gasteiger partial charge in [0.05, 0.1) is 0 Å². The molecule has 1 fully saturated rings. The van der Waals surface area contributed by atoms with Crippen LogP contribution in [0.4, 0.5) is 26.3 Å². The number of rotatable bonds is 1. The second kappa shape index (κ2) is 6.41. The smallest absolute Gasteiger partial charge is 0.192 e. The molecule has 1 nitrogen and oxygen atoms in total. The number of halogens is 8. The first-order chi connectivity index (χ1) is 11.0. The summed E-state index contributed by atoms with van der Waals surface area (Å²) in [6, 6.07) is 8.81. The summed E-state index contributed by atoms with van der Waals surface area (Å²) in [5.41, 5.74) is -3.00. The monoisotopic (exact) mass is 471 g/mol. The molecule has 1 saturated carbocycles. The molecule has 24 heavy (non-hydrogen) atoms. The normalized spacial score (nSPS) is 21.1. The molecule has 0 aliphatic heterocycles. The van der Waals surface area contributed by atoms with Crippen LogP contribution in [-0.4, -0.2) is 12.4 Å². The standard InChI is InChI=1S/C15H5Br2F6N/c16-12(7-4-2-1-3-5-7)10-9(8(6-24)14(18,19)20)11(10)13(17)15(21,22)23/h1-5H/b9-8-,12-10+,13-11?. The molecular weight excluding hydrogens is 468 g/mol. The lowest BCUT2D eigenvalue weighted by Gasteiger charge is -2.03. The number of nitriles is 1. The molecule has 0 aromatic heterocycles. The average molecular weight is 473 g/mol. The van der Waals surface area contributed by atoms with E-state index in [1.54, 1.807) is 18.2 Å². The number of benzene rings is 1. The fourth-order valence-corrected chi connectivity index (χ4v) is 3.07. The molecule has 0 N–H and O–H groups in total. The van der Waals surface area contributed by atoms with Gasteiger partial charge in [-0.2, -0.15) is 31.6 Å². The van der Waals surface area contributed by atoms with Crippen LogP contribution in [0.3, 0.4) is 0 Å². The summed E-state index contributed by atoms with van der Waals surface area (Å²) >= 11 is 5.34. The molecule has 1 aromatic carbocycles. The van der Waals surface area contributed by atoms with Crippen LogP contribution in [0.15, 0.2) is 57.1 Å². The van der Waals surface area contributed by atoms with Crippen molar-refractivity contribution in [1.29, 1.82) is 5.26 Å². The molecule has 0 bridgehead atoms. The van der Waals surface area contributed by atoms with Crippen LogP contribution in [-0.2, 0) is 0 Å². The van der Waals surface area contributed by atoms with Crippen LogP contribution in [0.2, 0.25) is 0 Å². The highest BCUT2D eigenvalue weighted by Crippen LogP contribution is 2.59. The van der Waals surface area contributed by atoms with E-state index in [2.05, 4.69) is 31.9 Å². The van der Waals surface area contributed by atoms with E-state index in [-0.39, 0.29) is 10.1 Å². The van der Waals surface area contributed by atoms with Crippen molar-refractivity contribution in [1.82, 2.24) is 0 Å². The van der Waals surface area contributed by atoms with E-state index in [9.17, 15) is 26.3 Å². The van der Waals surface area contributed by atoms with Crippen LogP contribution >= 0.6 is 31.9 Å². The molecule has 0 unspecified atom stereocenters. The zero-order valence-electron chi connectivity index (χ0n) is 11.4. The number of nitrogens with zero attached hydrogens (tertiary/aromatic N) is 1. The number of hydrogen-bond donors (Lipinski definition) is 0. The molecular formula is C15H5Br2F6N. The van der Waals surface area contributed by atoms with Gasteiger partial charge in [-0.25, -0.2) is 0 Å². The lowest BCUT2D eigenvalue weighted by molar-refractivity contribution is -0.0882. The summed E-state index contributed by atoms with van der Waals surface area (Å²) in [6.45, 7) is 0. The molecule has 0 atom stereocenters. The lowest BCUT2D eigenvalue weighted by atomic mass is 10.2. The van der Waals surface area contributed by atoms with E-state index in [0.29, 0.717) is 5.56 Å². The highest BCUT2D eigenvalue weighted by atomic mass is 79.9. The molecule has 2 rings (SSSR count). The van der Waals surface area contributed by atoms with E-state index in [0.717, 1.165) is 6.07 Å². The zero-order chi connectivity index (χ0) is 18.3. The molecule has 1 aliphatic carbocycles. The minimum Gasteiger partial charge on any atom is -0.192 e. The SMILES string of the molecule is N#C/C(=C1/C(=C(Br)C(F)(F)F)/C1=C(/Br)c1ccccc1)C(F)(F)F. The minimum absolute atomic E-state index is 0.0475. The Labute approximate surface area is 149 Å². The third kappa shape index (κ3) is 3.59. The van der Waals surface area contributed by atoms with E-state index in [4.69, 9.17) is 5.26 Å². The maximum atomic E-state index is 12.9. The third-order valence-corrected chi connectivity index (χ3v) is 4.75. The van der Waals surface area contributed by atoms with Crippen molar-refractivity contribution in [2.75, 3.05) is 0 Å². The Morgan fingerprint density at radius 3 is 1.79 bits per heavy atom. The van der Waals surface area contributed by atoms with Gasteiger partial charge in [0.2, 0.25) is 0 Å². The summed E-state index contributed by atoms with van der Waals surface area (Å²) in [7, 11) is 0. The summed E-state index contributed by atoms with van der Waals surface area (Å²) in [6.07, 6.45) is -9.93. The van der Waals surface area contributed by atoms with Crippen molar-refractivity contribution in [2.24, 2.45) is 0 Å². The minimum atomic E-state index is -5.06. The van der Waals surface area contributed by atoms with Crippen LogP contribution in [0.1, 0.15) is 5.56 Å². The highest BCUT2D eigenvalue weighted by Gasteiger charge is 2.51. The van der Waals surface area contributed by atoms with Gasteiger partial charge in [0, 0.05) is 21.2 Å². The van der Waals surface area contributed by atoms with Crippen LogP contribution in [0, 0.1) is 11.3 Å². The quantitative estimate of drug-likeness (QED) is 0.342. The predicted octanol–water partition coefficient (Wildman–Crippen LogP) is 6.40. The van der Waals surface area contributed by atoms with Crippen molar-refractivity contribution in [2.45, 2.75) is 12.4 Å². The molecule has 9 heteroatoms. The third-order valence-electron chi connectivity index (χ3n) is 3.05. The largest absolute Gasteiger partial charge is 0.426 e. The van der Waals surface area contributed by atoms with Crippen LogP contribution in [0.25, 0.3) is 4.48 Å². The Morgan fingerprint density at radius 1 is 0.833 bits per heavy atom. The van der Waals surface area contributed by atoms with Gasteiger partial charge < -0.3 is 0 Å². The first kappa shape index (κ1) is 18.8. The van der Waals surface area contributed by atoms with Gasteiger partial charge in [0.1, 0.15) is 16.1 Å². The van der Waals surface area contributed by atoms with E-state index >= 15 is 0 Å². The molecule has 0 saturated heterocycles. The average Bonchev–Trinajstić information content (AvgIpc) is 3.19. The fraction of sp³-hybridized carbons (Fsp3) is 0.133. The Hall–Kier alpha value is -1.53. The summed E-state index contributed by atoms with van der Waals surface area (Å²) in [5, 5.41) is 8.76. The maximum Gasteiger partial charge on any atom is 0.426 e. The molecule has 0 radical (unpaired) electrons. The van der Waals surface area contributed by atoms with Gasteiger partial charge in [-0.05, 0) is 37.4 Å². The van der Waals surface area contributed by atoms with Gasteiger partial charge in [-0.1, -0.05) is 30.3 Å². The van der Waals surface area contributed by atoms with E-state index in [1.165, 1.54) is 12.1 Å². The van der Waals surface area contributed by atoms with Crippen molar-refractivity contribution in [3.63, 3.8) is 0 Å². The predicted molar refractivity (Wildman–Crippen MR) is 83.0 cm³/mol. The van der Waals surface area contributed by atoms with Crippen molar-refractivity contribution < 1.29 is 26.3 Å². The number of alkyl halides is 6. The number of hydrogen-bond acceptors (Lipinski definition) is 1. The van der Waals surface area contributed by atoms with Crippen molar-refractivity contribution in [3.8, 4) is 6.07 Å². The van der Waals surface area contributed by atoms with E-state index < -0.39 is 33.6 Å². The Morgan fingerprint density at radius 2 is 1.38 bits per heavy atom. The van der Waals surface area contributed by atoms with Crippen LogP contribution < -0.4 is 0 Å². The first-order valence-corrected chi connectivity index (χ1v) is 7.73. The van der Waals surface area contributed by atoms with Crippen molar-refractivity contribution in [3.05, 3.63) is 62.7 Å². The maximum absolute atomic E-state index is 12.9. The molecule has 1 aliphatic rings. The topological polar surface area (TPSA) is 23.8 Å². The van der Waals surface area contributed by atoms with Gasteiger partial charge in [0.25, 0.3) is 0 Å². The highest BCUT2D eigenvalue weighted by molar-refractivity contribution is 9.15.